The van der Waals surface area contributed by atoms with Crippen LogP contribution in [0.15, 0.2) is 70.4 Å². The maximum Gasteiger partial charge on any atom is 0.155 e. The van der Waals surface area contributed by atoms with Gasteiger partial charge in [-0.1, -0.05) is 29.4 Å². The molecule has 0 aliphatic heterocycles. The van der Waals surface area contributed by atoms with E-state index in [4.69, 9.17) is 9.15 Å². The zero-order valence-electron chi connectivity index (χ0n) is 12.9. The summed E-state index contributed by atoms with van der Waals surface area (Å²) in [6.45, 7) is 0. The molecule has 118 valence electrons. The third kappa shape index (κ3) is 2.36. The second kappa shape index (κ2) is 5.70. The highest BCUT2D eigenvalue weighted by molar-refractivity contribution is 5.85. The normalized spacial score (nSPS) is 12.0. The van der Waals surface area contributed by atoms with E-state index in [1.54, 1.807) is 37.6 Å². The van der Waals surface area contributed by atoms with Crippen LogP contribution in [0.3, 0.4) is 0 Å². The third-order valence-electron chi connectivity index (χ3n) is 3.94. The van der Waals surface area contributed by atoms with E-state index in [1.807, 2.05) is 30.3 Å². The molecule has 2 heterocycles. The van der Waals surface area contributed by atoms with Gasteiger partial charge < -0.3 is 14.4 Å². The Morgan fingerprint density at radius 2 is 1.88 bits per heavy atom. The second-order valence-corrected chi connectivity index (χ2v) is 5.37. The summed E-state index contributed by atoms with van der Waals surface area (Å²) in [5.74, 6) is 1.20. The van der Waals surface area contributed by atoms with Gasteiger partial charge in [0.05, 0.1) is 12.5 Å². The van der Waals surface area contributed by atoms with Gasteiger partial charge in [-0.25, -0.2) is 0 Å². The van der Waals surface area contributed by atoms with Gasteiger partial charge >= 0.3 is 0 Å². The van der Waals surface area contributed by atoms with Gasteiger partial charge in [0.15, 0.2) is 5.76 Å². The van der Waals surface area contributed by atoms with Crippen molar-refractivity contribution in [2.75, 3.05) is 7.11 Å². The molecule has 0 amide bonds. The number of hydrogen-bond donors (Lipinski definition) is 1. The fourth-order valence-electron chi connectivity index (χ4n) is 2.70. The Bertz CT molecular complexity index is 1120. The van der Waals surface area contributed by atoms with Gasteiger partial charge in [-0.3, -0.25) is 4.98 Å². The van der Waals surface area contributed by atoms with E-state index >= 15 is 0 Å². The predicted molar refractivity (Wildman–Crippen MR) is 90.9 cm³/mol. The van der Waals surface area contributed by atoms with Gasteiger partial charge in [0, 0.05) is 17.6 Å². The molecule has 5 heteroatoms. The number of nitrogens with zero attached hydrogens (tertiary/aromatic N) is 2. The van der Waals surface area contributed by atoms with E-state index in [9.17, 15) is 5.21 Å². The van der Waals surface area contributed by atoms with Crippen LogP contribution in [0, 0.1) is 0 Å². The number of benzene rings is 2. The first-order valence-electron chi connectivity index (χ1n) is 7.43. The molecule has 0 aliphatic rings. The van der Waals surface area contributed by atoms with Crippen LogP contribution < -0.4 is 10.1 Å². The SMILES string of the molecule is COc1ccc2oc(-c3cc4ccccc4cn3)c/c(=N\O)c2c1. The molecule has 0 saturated carbocycles. The Morgan fingerprint density at radius 3 is 2.67 bits per heavy atom. The fraction of sp³-hybridized carbons (Fsp3) is 0.0526. The highest BCUT2D eigenvalue weighted by atomic mass is 16.5. The van der Waals surface area contributed by atoms with E-state index in [0.29, 0.717) is 33.5 Å². The molecule has 0 spiro atoms. The van der Waals surface area contributed by atoms with Crippen molar-refractivity contribution < 1.29 is 14.4 Å². The summed E-state index contributed by atoms with van der Waals surface area (Å²) in [5, 5.41) is 15.9. The monoisotopic (exact) mass is 318 g/mol. The Kier molecular flexibility index (Phi) is 3.39. The lowest BCUT2D eigenvalue weighted by Gasteiger charge is -2.06. The lowest BCUT2D eigenvalue weighted by atomic mass is 10.1. The fourth-order valence-corrected chi connectivity index (χ4v) is 2.70. The van der Waals surface area contributed by atoms with E-state index in [2.05, 4.69) is 10.1 Å². The molecular weight excluding hydrogens is 304 g/mol. The number of fused-ring (bicyclic) bond motifs is 2. The first-order chi connectivity index (χ1) is 11.8. The maximum atomic E-state index is 9.36. The zero-order chi connectivity index (χ0) is 16.5. The predicted octanol–water partition coefficient (Wildman–Crippen LogP) is 3.95. The van der Waals surface area contributed by atoms with Crippen molar-refractivity contribution in [3.8, 4) is 17.2 Å². The van der Waals surface area contributed by atoms with E-state index in [-0.39, 0.29) is 0 Å². The van der Waals surface area contributed by atoms with Crippen LogP contribution in [0.5, 0.6) is 5.75 Å². The molecule has 0 unspecified atom stereocenters. The van der Waals surface area contributed by atoms with Crippen molar-refractivity contribution in [1.82, 2.24) is 4.98 Å². The number of hydrogen-bond acceptors (Lipinski definition) is 5. The van der Waals surface area contributed by atoms with Crippen molar-refractivity contribution in [3.63, 3.8) is 0 Å². The van der Waals surface area contributed by atoms with Crippen molar-refractivity contribution in [1.29, 1.82) is 0 Å². The number of aromatic nitrogens is 1. The van der Waals surface area contributed by atoms with Crippen LogP contribution in [-0.4, -0.2) is 17.3 Å². The lowest BCUT2D eigenvalue weighted by Crippen LogP contribution is -2.04. The topological polar surface area (TPSA) is 67.9 Å². The summed E-state index contributed by atoms with van der Waals surface area (Å²) in [6.07, 6.45) is 1.80. The van der Waals surface area contributed by atoms with Gasteiger partial charge in [0.2, 0.25) is 0 Å². The molecule has 2 aromatic carbocycles. The van der Waals surface area contributed by atoms with Gasteiger partial charge in [0.25, 0.3) is 0 Å². The average Bonchev–Trinajstić information content (AvgIpc) is 2.66. The van der Waals surface area contributed by atoms with Gasteiger partial charge in [-0.2, -0.15) is 0 Å². The lowest BCUT2D eigenvalue weighted by molar-refractivity contribution is 0.302. The van der Waals surface area contributed by atoms with E-state index in [0.717, 1.165) is 10.8 Å². The van der Waals surface area contributed by atoms with E-state index in [1.165, 1.54) is 0 Å². The Morgan fingerprint density at radius 1 is 1.04 bits per heavy atom. The molecule has 0 radical (unpaired) electrons. The first kappa shape index (κ1) is 14.3. The van der Waals surface area contributed by atoms with Crippen LogP contribution >= 0.6 is 0 Å². The van der Waals surface area contributed by atoms with Crippen LogP contribution in [0.1, 0.15) is 0 Å². The summed E-state index contributed by atoms with van der Waals surface area (Å²) in [7, 11) is 1.58. The largest absolute Gasteiger partial charge is 0.497 e. The average molecular weight is 318 g/mol. The summed E-state index contributed by atoms with van der Waals surface area (Å²) >= 11 is 0. The number of methoxy groups -OCH3 is 1. The van der Waals surface area contributed by atoms with Gasteiger partial charge in [0.1, 0.15) is 22.4 Å². The highest BCUT2D eigenvalue weighted by Gasteiger charge is 2.09. The van der Waals surface area contributed by atoms with Gasteiger partial charge in [-0.15, -0.1) is 0 Å². The summed E-state index contributed by atoms with van der Waals surface area (Å²) < 4.78 is 11.2. The Hall–Kier alpha value is -3.34. The molecule has 5 nitrogen and oxygen atoms in total. The molecule has 0 fully saturated rings. The first-order valence-corrected chi connectivity index (χ1v) is 7.43. The standard InChI is InChI=1S/C19H14N2O3/c1-23-14-6-7-18-15(9-14)16(21-22)10-19(24-18)17-8-12-4-2-3-5-13(12)11-20-17/h2-11,22H,1H3/b21-16+. The van der Waals surface area contributed by atoms with Crippen molar-refractivity contribution in [2.45, 2.75) is 0 Å². The molecule has 4 aromatic rings. The molecule has 4 rings (SSSR count). The molecule has 24 heavy (non-hydrogen) atoms. The number of rotatable bonds is 2. The van der Waals surface area contributed by atoms with Crippen molar-refractivity contribution in [3.05, 3.63) is 66.2 Å². The smallest absolute Gasteiger partial charge is 0.155 e. The second-order valence-electron chi connectivity index (χ2n) is 5.37. The Labute approximate surface area is 137 Å². The van der Waals surface area contributed by atoms with Gasteiger partial charge in [-0.05, 0) is 29.7 Å². The maximum absolute atomic E-state index is 9.36. The summed E-state index contributed by atoms with van der Waals surface area (Å²) in [5.41, 5.74) is 1.27. The van der Waals surface area contributed by atoms with Crippen molar-refractivity contribution in [2.24, 2.45) is 5.16 Å². The molecule has 0 aliphatic carbocycles. The minimum Gasteiger partial charge on any atom is -0.497 e. The summed E-state index contributed by atoms with van der Waals surface area (Å²) in [6, 6.07) is 16.9. The zero-order valence-corrected chi connectivity index (χ0v) is 12.9. The van der Waals surface area contributed by atoms with Crippen molar-refractivity contribution >= 4 is 21.7 Å². The number of pyridine rings is 1. The summed E-state index contributed by atoms with van der Waals surface area (Å²) in [4.78, 5) is 4.45. The highest BCUT2D eigenvalue weighted by Crippen LogP contribution is 2.25. The Balaban J connectivity index is 1.95. The van der Waals surface area contributed by atoms with Crippen LogP contribution in [-0.2, 0) is 0 Å². The number of ether oxygens (including phenoxy) is 1. The quantitative estimate of drug-likeness (QED) is 0.449. The molecule has 0 saturated heterocycles. The molecule has 2 aromatic heterocycles. The minimum atomic E-state index is 0.403. The van der Waals surface area contributed by atoms with Crippen LogP contribution in [0.25, 0.3) is 33.2 Å². The molecular formula is C19H14N2O3. The van der Waals surface area contributed by atoms with Crippen LogP contribution in [0.2, 0.25) is 0 Å². The third-order valence-corrected chi connectivity index (χ3v) is 3.94. The molecule has 1 N–H and O–H groups in total. The minimum absolute atomic E-state index is 0.403. The van der Waals surface area contributed by atoms with Crippen LogP contribution in [0.4, 0.5) is 0 Å². The molecule has 0 bridgehead atoms. The van der Waals surface area contributed by atoms with E-state index < -0.39 is 0 Å². The molecule has 0 atom stereocenters.